The zero-order valence-corrected chi connectivity index (χ0v) is 16.9. The van der Waals surface area contributed by atoms with Crippen molar-refractivity contribution in [3.63, 3.8) is 0 Å². The Morgan fingerprint density at radius 2 is 1.78 bits per heavy atom. The largest absolute Gasteiger partial charge is 0.294 e. The SMILES string of the molecule is Cc1cc(C)c2nc(Nc3nc(C)c(CCC(C)C)c(=O)[nH]3)nc(C)c2c1. The average molecular weight is 365 g/mol. The van der Waals surface area contributed by atoms with Gasteiger partial charge in [-0.15, -0.1) is 0 Å². The van der Waals surface area contributed by atoms with Gasteiger partial charge in [0.1, 0.15) is 0 Å². The fourth-order valence-corrected chi connectivity index (χ4v) is 3.29. The zero-order chi connectivity index (χ0) is 19.7. The minimum absolute atomic E-state index is 0.102. The van der Waals surface area contributed by atoms with Gasteiger partial charge in [0.05, 0.1) is 11.2 Å². The van der Waals surface area contributed by atoms with Gasteiger partial charge in [-0.2, -0.15) is 0 Å². The molecule has 2 N–H and O–H groups in total. The third kappa shape index (κ3) is 4.15. The molecule has 2 heterocycles. The van der Waals surface area contributed by atoms with Crippen molar-refractivity contribution in [2.45, 2.75) is 54.4 Å². The van der Waals surface area contributed by atoms with E-state index >= 15 is 0 Å². The lowest BCUT2D eigenvalue weighted by molar-refractivity contribution is 0.582. The van der Waals surface area contributed by atoms with Gasteiger partial charge < -0.3 is 0 Å². The molecule has 0 saturated heterocycles. The zero-order valence-electron chi connectivity index (χ0n) is 16.9. The van der Waals surface area contributed by atoms with Gasteiger partial charge in [0.2, 0.25) is 11.9 Å². The normalized spacial score (nSPS) is 11.4. The molecule has 0 amide bonds. The van der Waals surface area contributed by atoms with E-state index in [-0.39, 0.29) is 5.56 Å². The van der Waals surface area contributed by atoms with E-state index in [1.165, 1.54) is 5.56 Å². The number of hydrogen-bond acceptors (Lipinski definition) is 5. The van der Waals surface area contributed by atoms with Crippen molar-refractivity contribution in [3.8, 4) is 0 Å². The molecule has 0 radical (unpaired) electrons. The van der Waals surface area contributed by atoms with Gasteiger partial charge >= 0.3 is 0 Å². The van der Waals surface area contributed by atoms with E-state index in [4.69, 9.17) is 0 Å². The second-order valence-electron chi connectivity index (χ2n) is 7.65. The summed E-state index contributed by atoms with van der Waals surface area (Å²) in [5.41, 5.74) is 5.47. The Balaban J connectivity index is 1.95. The van der Waals surface area contributed by atoms with Crippen molar-refractivity contribution in [1.82, 2.24) is 19.9 Å². The maximum atomic E-state index is 12.5. The number of hydrogen-bond donors (Lipinski definition) is 2. The first-order valence-corrected chi connectivity index (χ1v) is 9.37. The second-order valence-corrected chi connectivity index (χ2v) is 7.65. The van der Waals surface area contributed by atoms with Crippen LogP contribution in [0.2, 0.25) is 0 Å². The van der Waals surface area contributed by atoms with Crippen LogP contribution in [-0.2, 0) is 6.42 Å². The van der Waals surface area contributed by atoms with Crippen LogP contribution in [0.15, 0.2) is 16.9 Å². The molecule has 0 bridgehead atoms. The Hall–Kier alpha value is -2.76. The summed E-state index contributed by atoms with van der Waals surface area (Å²) in [7, 11) is 0. The minimum Gasteiger partial charge on any atom is -0.294 e. The maximum absolute atomic E-state index is 12.5. The monoisotopic (exact) mass is 365 g/mol. The van der Waals surface area contributed by atoms with E-state index in [1.54, 1.807) is 0 Å². The summed E-state index contributed by atoms with van der Waals surface area (Å²) in [6.07, 6.45) is 1.69. The quantitative estimate of drug-likeness (QED) is 0.705. The Morgan fingerprint density at radius 3 is 2.44 bits per heavy atom. The van der Waals surface area contributed by atoms with Crippen LogP contribution in [0, 0.1) is 33.6 Å². The Labute approximate surface area is 159 Å². The number of nitrogens with zero attached hydrogens (tertiary/aromatic N) is 3. The predicted molar refractivity (Wildman–Crippen MR) is 110 cm³/mol. The predicted octanol–water partition coefficient (Wildman–Crippen LogP) is 4.28. The van der Waals surface area contributed by atoms with Gasteiger partial charge in [0.15, 0.2) is 0 Å². The van der Waals surface area contributed by atoms with Gasteiger partial charge in [-0.05, 0) is 58.1 Å². The number of benzene rings is 1. The number of anilines is 2. The highest BCUT2D eigenvalue weighted by atomic mass is 16.1. The van der Waals surface area contributed by atoms with E-state index in [0.29, 0.717) is 17.8 Å². The lowest BCUT2D eigenvalue weighted by Gasteiger charge is -2.11. The molecule has 0 fully saturated rings. The van der Waals surface area contributed by atoms with Crippen molar-refractivity contribution in [2.75, 3.05) is 5.32 Å². The van der Waals surface area contributed by atoms with Crippen LogP contribution in [0.4, 0.5) is 11.9 Å². The molecule has 0 unspecified atom stereocenters. The summed E-state index contributed by atoms with van der Waals surface area (Å²) < 4.78 is 0. The number of nitrogens with one attached hydrogen (secondary N) is 2. The van der Waals surface area contributed by atoms with Gasteiger partial charge in [-0.3, -0.25) is 15.1 Å². The topological polar surface area (TPSA) is 83.6 Å². The smallest absolute Gasteiger partial charge is 0.255 e. The molecule has 0 aliphatic carbocycles. The second kappa shape index (κ2) is 7.47. The maximum Gasteiger partial charge on any atom is 0.255 e. The molecule has 3 aromatic rings. The summed E-state index contributed by atoms with van der Waals surface area (Å²) in [6, 6.07) is 4.20. The van der Waals surface area contributed by atoms with Crippen molar-refractivity contribution < 1.29 is 0 Å². The summed E-state index contributed by atoms with van der Waals surface area (Å²) in [5, 5.41) is 4.10. The molecular weight excluding hydrogens is 338 g/mol. The van der Waals surface area contributed by atoms with E-state index < -0.39 is 0 Å². The van der Waals surface area contributed by atoms with Crippen molar-refractivity contribution in [1.29, 1.82) is 0 Å². The third-order valence-electron chi connectivity index (χ3n) is 4.75. The van der Waals surface area contributed by atoms with Crippen LogP contribution in [0.3, 0.4) is 0 Å². The highest BCUT2D eigenvalue weighted by Gasteiger charge is 2.12. The van der Waals surface area contributed by atoms with Gasteiger partial charge in [0.25, 0.3) is 5.56 Å². The van der Waals surface area contributed by atoms with Gasteiger partial charge in [0, 0.05) is 16.6 Å². The minimum atomic E-state index is -0.102. The summed E-state index contributed by atoms with van der Waals surface area (Å²) in [4.78, 5) is 29.0. The molecule has 0 aliphatic rings. The lowest BCUT2D eigenvalue weighted by atomic mass is 10.0. The number of aromatic nitrogens is 4. The lowest BCUT2D eigenvalue weighted by Crippen LogP contribution is -2.19. The molecule has 0 atom stereocenters. The van der Waals surface area contributed by atoms with E-state index in [2.05, 4.69) is 58.2 Å². The van der Waals surface area contributed by atoms with Crippen LogP contribution < -0.4 is 10.9 Å². The summed E-state index contributed by atoms with van der Waals surface area (Å²) in [6.45, 7) is 12.2. The Bertz CT molecular complexity index is 1050. The molecule has 0 saturated carbocycles. The summed E-state index contributed by atoms with van der Waals surface area (Å²) in [5.74, 6) is 1.35. The van der Waals surface area contributed by atoms with Crippen LogP contribution >= 0.6 is 0 Å². The fourth-order valence-electron chi connectivity index (χ4n) is 3.29. The van der Waals surface area contributed by atoms with E-state index in [1.807, 2.05) is 20.8 Å². The molecule has 1 aromatic carbocycles. The number of rotatable bonds is 5. The first-order valence-electron chi connectivity index (χ1n) is 9.37. The summed E-state index contributed by atoms with van der Waals surface area (Å²) >= 11 is 0. The highest BCUT2D eigenvalue weighted by Crippen LogP contribution is 2.23. The number of fused-ring (bicyclic) bond motifs is 1. The molecule has 27 heavy (non-hydrogen) atoms. The van der Waals surface area contributed by atoms with E-state index in [9.17, 15) is 4.79 Å². The number of aromatic amines is 1. The molecular formula is C21H27N5O. The van der Waals surface area contributed by atoms with Crippen molar-refractivity contribution in [3.05, 3.63) is 50.6 Å². The molecule has 6 nitrogen and oxygen atoms in total. The number of H-pyrrole nitrogens is 1. The van der Waals surface area contributed by atoms with Crippen LogP contribution in [0.25, 0.3) is 10.9 Å². The fraction of sp³-hybridized carbons (Fsp3) is 0.429. The van der Waals surface area contributed by atoms with E-state index in [0.717, 1.165) is 46.3 Å². The van der Waals surface area contributed by atoms with Crippen LogP contribution in [0.5, 0.6) is 0 Å². The van der Waals surface area contributed by atoms with Crippen LogP contribution in [0.1, 0.15) is 48.3 Å². The average Bonchev–Trinajstić information content (AvgIpc) is 2.55. The van der Waals surface area contributed by atoms with Gasteiger partial charge in [-0.25, -0.2) is 15.0 Å². The highest BCUT2D eigenvalue weighted by molar-refractivity contribution is 5.85. The standard InChI is InChI=1S/C21H27N5O/c1-11(2)7-8-16-14(5)22-21(25-19(16)27)26-20-23-15(6)17-10-12(3)9-13(4)18(17)24-20/h9-11H,7-8H2,1-6H3,(H2,22,23,24,25,26,27). The Morgan fingerprint density at radius 1 is 1.04 bits per heavy atom. The van der Waals surface area contributed by atoms with Crippen molar-refractivity contribution >= 4 is 22.8 Å². The molecule has 142 valence electrons. The Kier molecular flexibility index (Phi) is 5.26. The number of aryl methyl sites for hydroxylation is 4. The molecule has 3 rings (SSSR count). The molecule has 0 spiro atoms. The first-order chi connectivity index (χ1) is 12.7. The van der Waals surface area contributed by atoms with Gasteiger partial charge in [-0.1, -0.05) is 25.5 Å². The third-order valence-corrected chi connectivity index (χ3v) is 4.75. The first kappa shape index (κ1) is 19.0. The van der Waals surface area contributed by atoms with Crippen LogP contribution in [-0.4, -0.2) is 19.9 Å². The molecule has 0 aliphatic heterocycles. The molecule has 2 aromatic heterocycles. The molecule has 6 heteroatoms. The van der Waals surface area contributed by atoms with Crippen molar-refractivity contribution in [2.24, 2.45) is 5.92 Å².